The summed E-state index contributed by atoms with van der Waals surface area (Å²) in [5, 5.41) is 14.2. The quantitative estimate of drug-likeness (QED) is 0.225. The molecule has 4 aromatic rings. The molecular formula is C26H37N7OSi. The van der Waals surface area contributed by atoms with E-state index in [2.05, 4.69) is 69.8 Å². The van der Waals surface area contributed by atoms with Crippen LogP contribution in [0.3, 0.4) is 0 Å². The minimum Gasteiger partial charge on any atom is -0.361 e. The Hall–Kier alpha value is -2.52. The highest BCUT2D eigenvalue weighted by Gasteiger charge is 2.39. The normalized spacial score (nSPS) is 23.1. The predicted octanol–water partition coefficient (Wildman–Crippen LogP) is 5.61. The molecule has 0 radical (unpaired) electrons. The second-order valence-corrected chi connectivity index (χ2v) is 17.4. The van der Waals surface area contributed by atoms with Gasteiger partial charge in [-0.05, 0) is 49.8 Å². The summed E-state index contributed by atoms with van der Waals surface area (Å²) in [4.78, 5) is 4.72. The maximum Gasteiger partial charge on any atom is 0.179 e. The lowest BCUT2D eigenvalue weighted by Gasteiger charge is -2.16. The maximum atomic E-state index is 6.01. The van der Waals surface area contributed by atoms with Crippen LogP contribution in [0, 0.1) is 5.92 Å². The number of fused-ring (bicyclic) bond motifs is 3. The summed E-state index contributed by atoms with van der Waals surface area (Å²) in [7, 11) is -1.10. The highest BCUT2D eigenvalue weighted by molar-refractivity contribution is 6.76. The van der Waals surface area contributed by atoms with Crippen molar-refractivity contribution < 1.29 is 4.74 Å². The molecule has 9 heteroatoms. The van der Waals surface area contributed by atoms with Gasteiger partial charge in [-0.2, -0.15) is 5.10 Å². The lowest BCUT2D eigenvalue weighted by atomic mass is 9.93. The molecule has 0 unspecified atom stereocenters. The predicted molar refractivity (Wildman–Crippen MR) is 139 cm³/mol. The fourth-order valence-electron chi connectivity index (χ4n) is 5.64. The first-order chi connectivity index (χ1) is 16.9. The highest BCUT2D eigenvalue weighted by atomic mass is 28.3. The summed E-state index contributed by atoms with van der Waals surface area (Å²) in [5.74, 6) is 2.68. The van der Waals surface area contributed by atoms with Gasteiger partial charge in [-0.15, -0.1) is 10.2 Å². The van der Waals surface area contributed by atoms with E-state index < -0.39 is 8.07 Å². The van der Waals surface area contributed by atoms with Gasteiger partial charge in [-0.25, -0.2) is 4.98 Å². The largest absolute Gasteiger partial charge is 0.361 e. The first kappa shape index (κ1) is 22.9. The van der Waals surface area contributed by atoms with Crippen LogP contribution in [-0.4, -0.2) is 48.6 Å². The molecule has 2 aliphatic carbocycles. The SMILES string of the molecule is CC[C@@H]1C[C@H](n2ccc(C3CC3)n2)C[C@@H]1c1nnc2cnc3c(ccn3COCC[Si](C)(C)C)n12. The zero-order chi connectivity index (χ0) is 24.2. The summed E-state index contributed by atoms with van der Waals surface area (Å²) in [6.45, 7) is 10.8. The van der Waals surface area contributed by atoms with E-state index in [0.29, 0.717) is 30.5 Å². The minimum atomic E-state index is -1.10. The zero-order valence-corrected chi connectivity index (χ0v) is 22.4. The zero-order valence-electron chi connectivity index (χ0n) is 21.4. The molecular weight excluding hydrogens is 454 g/mol. The summed E-state index contributed by atoms with van der Waals surface area (Å²) in [5.41, 5.74) is 4.08. The van der Waals surface area contributed by atoms with Gasteiger partial charge in [-0.3, -0.25) is 9.08 Å². The molecule has 2 aliphatic rings. The van der Waals surface area contributed by atoms with Crippen molar-refractivity contribution in [3.63, 3.8) is 0 Å². The summed E-state index contributed by atoms with van der Waals surface area (Å²) >= 11 is 0. The van der Waals surface area contributed by atoms with Crippen molar-refractivity contribution in [3.05, 3.63) is 42.2 Å². The van der Waals surface area contributed by atoms with Crippen molar-refractivity contribution in [1.29, 1.82) is 0 Å². The third-order valence-electron chi connectivity index (χ3n) is 7.92. The Morgan fingerprint density at radius 2 is 1.94 bits per heavy atom. The number of hydrogen-bond acceptors (Lipinski definition) is 5. The Morgan fingerprint density at radius 1 is 1.09 bits per heavy atom. The molecule has 186 valence electrons. The van der Waals surface area contributed by atoms with Crippen LogP contribution in [0.25, 0.3) is 16.8 Å². The van der Waals surface area contributed by atoms with Gasteiger partial charge >= 0.3 is 0 Å². The topological polar surface area (TPSA) is 75.1 Å². The van der Waals surface area contributed by atoms with Crippen LogP contribution in [0.1, 0.15) is 68.4 Å². The number of aromatic nitrogens is 7. The molecule has 4 aromatic heterocycles. The van der Waals surface area contributed by atoms with Gasteiger partial charge in [-0.1, -0.05) is 33.0 Å². The van der Waals surface area contributed by atoms with Crippen LogP contribution in [0.2, 0.25) is 25.7 Å². The molecule has 0 aromatic carbocycles. The fraction of sp³-hybridized carbons (Fsp3) is 0.615. The van der Waals surface area contributed by atoms with E-state index in [0.717, 1.165) is 48.5 Å². The molecule has 3 atom stereocenters. The van der Waals surface area contributed by atoms with E-state index >= 15 is 0 Å². The van der Waals surface area contributed by atoms with Gasteiger partial charge in [0.25, 0.3) is 0 Å². The van der Waals surface area contributed by atoms with E-state index in [9.17, 15) is 0 Å². The minimum absolute atomic E-state index is 0.357. The Labute approximate surface area is 207 Å². The van der Waals surface area contributed by atoms with Crippen molar-refractivity contribution in [1.82, 2.24) is 33.9 Å². The highest BCUT2D eigenvalue weighted by Crippen LogP contribution is 2.47. The third kappa shape index (κ3) is 4.44. The standard InChI is InChI=1S/C26H37N7OSi/c1-5-18-14-20(32-11-8-22(30-32)19-6-7-19)15-21(18)25-29-28-24-16-27-26-23(33(24)25)9-10-31(26)17-34-12-13-35(2,3)4/h8-11,16,18-21H,5-7,12-15,17H2,1-4H3/t18-,20+,21+/m1/s1. The van der Waals surface area contributed by atoms with Crippen LogP contribution in [0.5, 0.6) is 0 Å². The van der Waals surface area contributed by atoms with Crippen LogP contribution in [-0.2, 0) is 11.5 Å². The van der Waals surface area contributed by atoms with E-state index in [4.69, 9.17) is 19.9 Å². The first-order valence-corrected chi connectivity index (χ1v) is 16.9. The van der Waals surface area contributed by atoms with Crippen molar-refractivity contribution in [3.8, 4) is 0 Å². The molecule has 0 N–H and O–H groups in total. The van der Waals surface area contributed by atoms with Gasteiger partial charge < -0.3 is 9.30 Å². The summed E-state index contributed by atoms with van der Waals surface area (Å²) in [6, 6.07) is 5.94. The average Bonchev–Trinajstić information content (AvgIpc) is 3.22. The second-order valence-electron chi connectivity index (χ2n) is 11.7. The Morgan fingerprint density at radius 3 is 2.71 bits per heavy atom. The van der Waals surface area contributed by atoms with E-state index in [1.165, 1.54) is 24.6 Å². The molecule has 4 heterocycles. The van der Waals surface area contributed by atoms with Crippen LogP contribution >= 0.6 is 0 Å². The summed E-state index contributed by atoms with van der Waals surface area (Å²) in [6.07, 6.45) is 12.0. The fourth-order valence-corrected chi connectivity index (χ4v) is 6.40. The smallest absolute Gasteiger partial charge is 0.179 e. The lowest BCUT2D eigenvalue weighted by Crippen LogP contribution is -2.22. The van der Waals surface area contributed by atoms with Gasteiger partial charge in [0, 0.05) is 38.9 Å². The van der Waals surface area contributed by atoms with Crippen LogP contribution in [0.4, 0.5) is 0 Å². The molecule has 2 saturated carbocycles. The van der Waals surface area contributed by atoms with Crippen molar-refractivity contribution in [2.75, 3.05) is 6.61 Å². The van der Waals surface area contributed by atoms with E-state index in [-0.39, 0.29) is 0 Å². The van der Waals surface area contributed by atoms with Gasteiger partial charge in [0.15, 0.2) is 11.3 Å². The monoisotopic (exact) mass is 491 g/mol. The number of ether oxygens (including phenoxy) is 1. The third-order valence-corrected chi connectivity index (χ3v) is 9.63. The molecule has 35 heavy (non-hydrogen) atoms. The van der Waals surface area contributed by atoms with Crippen molar-refractivity contribution >= 4 is 24.9 Å². The Kier molecular flexibility index (Phi) is 5.79. The summed E-state index contributed by atoms with van der Waals surface area (Å²) < 4.78 is 12.6. The molecule has 0 spiro atoms. The Bertz CT molecular complexity index is 1330. The van der Waals surface area contributed by atoms with Crippen LogP contribution in [0.15, 0.2) is 30.7 Å². The number of rotatable bonds is 9. The second kappa shape index (κ2) is 8.85. The number of nitrogens with zero attached hydrogens (tertiary/aromatic N) is 7. The molecule has 0 amide bonds. The number of hydrogen-bond donors (Lipinski definition) is 0. The molecule has 6 rings (SSSR count). The van der Waals surface area contributed by atoms with Crippen molar-refractivity contribution in [2.24, 2.45) is 5.92 Å². The molecule has 8 nitrogen and oxygen atoms in total. The van der Waals surface area contributed by atoms with Crippen LogP contribution < -0.4 is 0 Å². The molecule has 0 saturated heterocycles. The molecule has 0 aliphatic heterocycles. The van der Waals surface area contributed by atoms with Crippen molar-refractivity contribution in [2.45, 2.75) is 89.3 Å². The molecule has 0 bridgehead atoms. The van der Waals surface area contributed by atoms with Gasteiger partial charge in [0.1, 0.15) is 12.6 Å². The first-order valence-electron chi connectivity index (χ1n) is 13.2. The lowest BCUT2D eigenvalue weighted by molar-refractivity contribution is 0.0899. The van der Waals surface area contributed by atoms with E-state index in [1.807, 2.05) is 6.20 Å². The van der Waals surface area contributed by atoms with E-state index in [1.54, 1.807) is 0 Å². The molecule has 2 fully saturated rings. The van der Waals surface area contributed by atoms with Gasteiger partial charge in [0.05, 0.1) is 23.4 Å². The Balaban J connectivity index is 1.27. The maximum absolute atomic E-state index is 6.01. The van der Waals surface area contributed by atoms with Gasteiger partial charge in [0.2, 0.25) is 0 Å². The average molecular weight is 492 g/mol.